The Morgan fingerprint density at radius 1 is 0.566 bits per heavy atom. The summed E-state index contributed by atoms with van der Waals surface area (Å²) in [6.07, 6.45) is 0. The molecule has 53 heavy (non-hydrogen) atoms. The normalized spacial score (nSPS) is 18.0. The minimum absolute atomic E-state index is 0.000747. The highest BCUT2D eigenvalue weighted by Gasteiger charge is 2.38. The molecule has 250 valence electrons. The van der Waals surface area contributed by atoms with Crippen molar-refractivity contribution < 1.29 is 26.3 Å². The fraction of sp³-hybridized carbons (Fsp3) is 0.0625. The van der Waals surface area contributed by atoms with E-state index in [-0.39, 0.29) is 11.6 Å². The number of nitrogens with zero attached hydrogens (tertiary/aromatic N) is 4. The molecule has 11 rings (SSSR count). The van der Waals surface area contributed by atoms with Gasteiger partial charge in [-0.1, -0.05) is 153 Å². The zero-order valence-corrected chi connectivity index (χ0v) is 27.4. The SMILES string of the molecule is [2H]c1c([2H])c([2H])c2c(c1[2H])-c1c([2H])c([2H])c3c4c([2H])c([2H])c([2H])c([2H])c4n(-c4nc(-c5ccc(-c6ccccc6)cc5)nc(-c5cccc6c5oc5ccccc56)n4)c3c1C2(C([2H])([2H])[2H])C([2H])([2H])[2H]. The zero-order valence-electron chi connectivity index (χ0n) is 43.4. The molecule has 0 unspecified atom stereocenters. The topological polar surface area (TPSA) is 56.7 Å². The molecule has 3 heterocycles. The van der Waals surface area contributed by atoms with Crippen LogP contribution in [0.2, 0.25) is 0 Å². The largest absolute Gasteiger partial charge is 0.455 e. The van der Waals surface area contributed by atoms with E-state index in [9.17, 15) is 5.48 Å². The van der Waals surface area contributed by atoms with Gasteiger partial charge in [0.25, 0.3) is 0 Å². The van der Waals surface area contributed by atoms with E-state index in [1.54, 1.807) is 30.3 Å². The van der Waals surface area contributed by atoms with Crippen molar-refractivity contribution in [1.82, 2.24) is 19.5 Å². The molecule has 0 saturated heterocycles. The van der Waals surface area contributed by atoms with Gasteiger partial charge in [-0.3, -0.25) is 4.57 Å². The maximum Gasteiger partial charge on any atom is 0.238 e. The summed E-state index contributed by atoms with van der Waals surface area (Å²) in [5, 5.41) is 0.620. The molecule has 0 bridgehead atoms. The second-order valence-corrected chi connectivity index (χ2v) is 12.8. The van der Waals surface area contributed by atoms with Crippen LogP contribution in [-0.2, 0) is 5.41 Å². The first kappa shape index (κ1) is 18.1. The van der Waals surface area contributed by atoms with Gasteiger partial charge in [-0.05, 0) is 51.6 Å². The third-order valence-electron chi connectivity index (χ3n) is 9.81. The number of rotatable bonds is 4. The van der Waals surface area contributed by atoms with E-state index in [0.29, 0.717) is 27.7 Å². The van der Waals surface area contributed by atoms with Crippen LogP contribution < -0.4 is 0 Å². The number of hydrogen-bond acceptors (Lipinski definition) is 4. The Kier molecular flexibility index (Phi) is 3.78. The van der Waals surface area contributed by atoms with Crippen LogP contribution in [0, 0.1) is 0 Å². The summed E-state index contributed by atoms with van der Waals surface area (Å²) in [7, 11) is 0. The van der Waals surface area contributed by atoms with Crippen molar-refractivity contribution >= 4 is 43.7 Å². The van der Waals surface area contributed by atoms with Gasteiger partial charge in [0.15, 0.2) is 11.6 Å². The predicted molar refractivity (Wildman–Crippen MR) is 215 cm³/mol. The Hall–Kier alpha value is -6.85. The van der Waals surface area contributed by atoms with Crippen molar-refractivity contribution in [2.24, 2.45) is 0 Å². The fourth-order valence-electron chi connectivity index (χ4n) is 7.40. The molecule has 0 N–H and O–H groups in total. The number of para-hydroxylation sites is 3. The molecular formula is C48H32N4O. The van der Waals surface area contributed by atoms with Crippen LogP contribution in [0.5, 0.6) is 0 Å². The maximum atomic E-state index is 9.60. The number of hydrogen-bond donors (Lipinski definition) is 0. The highest BCUT2D eigenvalue weighted by molar-refractivity contribution is 6.13. The van der Waals surface area contributed by atoms with E-state index in [0.717, 1.165) is 21.1 Å². The average Bonchev–Trinajstić information content (AvgIpc) is 4.01. The molecule has 1 aliphatic rings. The van der Waals surface area contributed by atoms with Crippen molar-refractivity contribution in [3.8, 4) is 51.0 Å². The van der Waals surface area contributed by atoms with E-state index in [2.05, 4.69) is 0 Å². The van der Waals surface area contributed by atoms with Gasteiger partial charge in [0, 0.05) is 40.7 Å². The summed E-state index contributed by atoms with van der Waals surface area (Å²) < 4.78 is 154. The Labute approximate surface area is 328 Å². The summed E-state index contributed by atoms with van der Waals surface area (Å²) in [5.74, 6) is -0.470. The van der Waals surface area contributed by atoms with Crippen LogP contribution in [0.25, 0.3) is 94.7 Å². The summed E-state index contributed by atoms with van der Waals surface area (Å²) in [6.45, 7) is -7.41. The van der Waals surface area contributed by atoms with Gasteiger partial charge < -0.3 is 4.42 Å². The van der Waals surface area contributed by atoms with Gasteiger partial charge in [-0.25, -0.2) is 4.98 Å². The van der Waals surface area contributed by atoms with Gasteiger partial charge in [0.05, 0.1) is 30.3 Å². The molecule has 0 spiro atoms. The minimum atomic E-state index is -3.71. The Morgan fingerprint density at radius 2 is 1.30 bits per heavy atom. The molecule has 5 nitrogen and oxygen atoms in total. The molecule has 3 aromatic heterocycles. The molecular weight excluding hydrogens is 649 g/mol. The van der Waals surface area contributed by atoms with E-state index in [1.165, 1.54) is 0 Å². The first-order chi connectivity index (χ1) is 32.7. The summed E-state index contributed by atoms with van der Waals surface area (Å²) in [5.41, 5.74) is -3.69. The zero-order chi connectivity index (χ0) is 49.0. The van der Waals surface area contributed by atoms with Crippen molar-refractivity contribution in [3.63, 3.8) is 0 Å². The van der Waals surface area contributed by atoms with Gasteiger partial charge in [0.2, 0.25) is 5.95 Å². The van der Waals surface area contributed by atoms with Gasteiger partial charge >= 0.3 is 0 Å². The first-order valence-corrected chi connectivity index (χ1v) is 16.7. The summed E-state index contributed by atoms with van der Waals surface area (Å²) >= 11 is 0. The van der Waals surface area contributed by atoms with Crippen LogP contribution in [-0.4, -0.2) is 19.5 Å². The summed E-state index contributed by atoms with van der Waals surface area (Å²) in [4.78, 5) is 14.8. The third-order valence-corrected chi connectivity index (χ3v) is 9.81. The molecule has 0 atom stereocenters. The van der Waals surface area contributed by atoms with Crippen LogP contribution in [0.3, 0.4) is 0 Å². The number of furan rings is 1. The van der Waals surface area contributed by atoms with Crippen molar-refractivity contribution in [3.05, 3.63) is 169 Å². The smallest absolute Gasteiger partial charge is 0.238 e. The Balaban J connectivity index is 1.37. The Morgan fingerprint density at radius 3 is 2.19 bits per heavy atom. The third kappa shape index (κ3) is 4.34. The lowest BCUT2D eigenvalue weighted by molar-refractivity contribution is 0.663. The standard InChI is InChI=1S/C48H32N4O/c1-48(2)39-20-9-6-15-32(39)35-27-28-36-33-16-7-10-21-40(33)52(43(36)42(35)48)47-50-45(31-25-23-30(24-26-31)29-13-4-3-5-14-29)49-46(51-47)38-19-12-18-37-34-17-8-11-22-41(34)53-44(37)38/h3-28H,1-2H3/i1D3,2D3,6D,7D,9D,10D,15D,16D,20D,21D,27D,28D. The second-order valence-electron chi connectivity index (χ2n) is 12.8. The molecule has 0 aliphatic heterocycles. The van der Waals surface area contributed by atoms with Crippen LogP contribution in [0.4, 0.5) is 0 Å². The molecule has 5 heteroatoms. The van der Waals surface area contributed by atoms with Crippen molar-refractivity contribution in [2.75, 3.05) is 0 Å². The van der Waals surface area contributed by atoms with E-state index >= 15 is 0 Å². The second kappa shape index (κ2) is 11.1. The van der Waals surface area contributed by atoms with Crippen LogP contribution in [0.1, 0.15) is 46.8 Å². The quantitative estimate of drug-likeness (QED) is 0.184. The first-order valence-electron chi connectivity index (χ1n) is 24.7. The molecule has 0 saturated carbocycles. The van der Waals surface area contributed by atoms with Crippen LogP contribution in [0.15, 0.2) is 162 Å². The molecule has 0 amide bonds. The number of fused-ring (bicyclic) bond motifs is 10. The van der Waals surface area contributed by atoms with E-state index in [1.807, 2.05) is 66.7 Å². The van der Waals surface area contributed by atoms with E-state index < -0.39 is 130 Å². The fourth-order valence-corrected chi connectivity index (χ4v) is 7.40. The average molecular weight is 697 g/mol. The van der Waals surface area contributed by atoms with Gasteiger partial charge in [-0.2, -0.15) is 9.97 Å². The number of aromatic nitrogens is 4. The molecule has 7 aromatic carbocycles. The molecule has 0 fully saturated rings. The highest BCUT2D eigenvalue weighted by atomic mass is 16.3. The number of benzene rings is 7. The van der Waals surface area contributed by atoms with Gasteiger partial charge in [0.1, 0.15) is 11.2 Å². The highest BCUT2D eigenvalue weighted by Crippen LogP contribution is 2.52. The minimum Gasteiger partial charge on any atom is -0.455 e. The molecule has 1 aliphatic carbocycles. The maximum absolute atomic E-state index is 9.60. The predicted octanol–water partition coefficient (Wildman–Crippen LogP) is 12.2. The Bertz CT molecular complexity index is 3870. The lowest BCUT2D eigenvalue weighted by Crippen LogP contribution is -2.17. The van der Waals surface area contributed by atoms with Gasteiger partial charge in [-0.15, -0.1) is 0 Å². The van der Waals surface area contributed by atoms with Crippen LogP contribution >= 0.6 is 0 Å². The lowest BCUT2D eigenvalue weighted by atomic mass is 9.81. The van der Waals surface area contributed by atoms with E-state index in [4.69, 9.17) is 35.8 Å². The van der Waals surface area contributed by atoms with Crippen molar-refractivity contribution in [2.45, 2.75) is 19.1 Å². The van der Waals surface area contributed by atoms with Crippen molar-refractivity contribution in [1.29, 1.82) is 0 Å². The molecule has 10 aromatic rings. The lowest BCUT2D eigenvalue weighted by Gasteiger charge is -2.23. The monoisotopic (exact) mass is 696 g/mol. The summed E-state index contributed by atoms with van der Waals surface area (Å²) in [6, 6.07) is 21.2. The molecule has 0 radical (unpaired) electrons.